The summed E-state index contributed by atoms with van der Waals surface area (Å²) in [5.74, 6) is 0.959. The number of fused-ring (bicyclic) bond motifs is 3. The fraction of sp³-hybridized carbons (Fsp3) is 1.00. The van der Waals surface area contributed by atoms with Crippen molar-refractivity contribution in [3.63, 3.8) is 0 Å². The second-order valence-corrected chi connectivity index (χ2v) is 6.96. The van der Waals surface area contributed by atoms with E-state index in [9.17, 15) is 0 Å². The summed E-state index contributed by atoms with van der Waals surface area (Å²) in [5, 5.41) is 4.04. The van der Waals surface area contributed by atoms with Crippen molar-refractivity contribution in [2.45, 2.75) is 56.7 Å². The number of rotatable bonds is 2. The summed E-state index contributed by atoms with van der Waals surface area (Å²) in [7, 11) is 0. The molecule has 0 saturated carbocycles. The van der Waals surface area contributed by atoms with Gasteiger partial charge in [-0.05, 0) is 70.6 Å². The van der Waals surface area contributed by atoms with E-state index in [0.717, 1.165) is 24.0 Å². The largest absolute Gasteiger partial charge is 0.311 e. The first kappa shape index (κ1) is 11.7. The molecule has 2 bridgehead atoms. The fourth-order valence-corrected chi connectivity index (χ4v) is 4.85. The fourth-order valence-electron chi connectivity index (χ4n) is 4.85. The van der Waals surface area contributed by atoms with Crippen molar-refractivity contribution in [2.75, 3.05) is 32.7 Å². The van der Waals surface area contributed by atoms with Gasteiger partial charge < -0.3 is 15.1 Å². The van der Waals surface area contributed by atoms with E-state index in [1.54, 1.807) is 0 Å². The number of nitrogens with zero attached hydrogens (tertiary/aromatic N) is 2. The van der Waals surface area contributed by atoms with Crippen LogP contribution >= 0.6 is 0 Å². The van der Waals surface area contributed by atoms with Crippen LogP contribution in [0.15, 0.2) is 0 Å². The molecule has 0 spiro atoms. The highest BCUT2D eigenvalue weighted by Crippen LogP contribution is 2.30. The second-order valence-electron chi connectivity index (χ2n) is 6.96. The monoisotopic (exact) mass is 249 g/mol. The lowest BCUT2D eigenvalue weighted by atomic mass is 9.90. The molecule has 102 valence electrons. The van der Waals surface area contributed by atoms with Gasteiger partial charge in [0.1, 0.15) is 0 Å². The van der Waals surface area contributed by atoms with E-state index in [0.29, 0.717) is 0 Å². The highest BCUT2D eigenvalue weighted by molar-refractivity contribution is 4.95. The molecule has 0 radical (unpaired) electrons. The molecule has 1 N–H and O–H groups in total. The lowest BCUT2D eigenvalue weighted by molar-refractivity contribution is 0.141. The number of hydrogen-bond donors (Lipinski definition) is 1. The molecule has 0 aliphatic carbocycles. The lowest BCUT2D eigenvalue weighted by Crippen LogP contribution is -2.52. The van der Waals surface area contributed by atoms with E-state index >= 15 is 0 Å². The predicted molar refractivity (Wildman–Crippen MR) is 73.7 cm³/mol. The van der Waals surface area contributed by atoms with Gasteiger partial charge in [-0.2, -0.15) is 0 Å². The number of piperidine rings is 2. The molecule has 4 fully saturated rings. The van der Waals surface area contributed by atoms with Gasteiger partial charge in [0.15, 0.2) is 0 Å². The van der Waals surface area contributed by atoms with E-state index in [1.165, 1.54) is 71.2 Å². The Hall–Kier alpha value is -0.120. The molecule has 5 atom stereocenters. The van der Waals surface area contributed by atoms with Gasteiger partial charge in [-0.25, -0.2) is 0 Å². The summed E-state index contributed by atoms with van der Waals surface area (Å²) < 4.78 is 0. The average Bonchev–Trinajstić information content (AvgIpc) is 3.00. The summed E-state index contributed by atoms with van der Waals surface area (Å²) >= 11 is 0. The van der Waals surface area contributed by atoms with Crippen LogP contribution in [0.3, 0.4) is 0 Å². The molecule has 0 aromatic heterocycles. The van der Waals surface area contributed by atoms with E-state index in [4.69, 9.17) is 0 Å². The molecule has 3 nitrogen and oxygen atoms in total. The van der Waals surface area contributed by atoms with Crippen molar-refractivity contribution >= 4 is 0 Å². The smallest absolute Gasteiger partial charge is 0.0123 e. The van der Waals surface area contributed by atoms with Crippen LogP contribution in [-0.4, -0.2) is 60.6 Å². The molecule has 18 heavy (non-hydrogen) atoms. The quantitative estimate of drug-likeness (QED) is 0.796. The minimum atomic E-state index is 0.821. The molecule has 4 aliphatic rings. The lowest BCUT2D eigenvalue weighted by Gasteiger charge is -2.39. The Kier molecular flexibility index (Phi) is 3.10. The van der Waals surface area contributed by atoms with Crippen LogP contribution in [0.5, 0.6) is 0 Å². The van der Waals surface area contributed by atoms with Gasteiger partial charge in [0.25, 0.3) is 0 Å². The zero-order chi connectivity index (χ0) is 11.9. The van der Waals surface area contributed by atoms with E-state index in [-0.39, 0.29) is 0 Å². The van der Waals surface area contributed by atoms with Crippen LogP contribution in [0.4, 0.5) is 0 Å². The molecular formula is C15H27N3. The van der Waals surface area contributed by atoms with Crippen LogP contribution < -0.4 is 5.32 Å². The third-order valence-corrected chi connectivity index (χ3v) is 5.90. The van der Waals surface area contributed by atoms with Gasteiger partial charge in [0, 0.05) is 24.7 Å². The van der Waals surface area contributed by atoms with E-state index < -0.39 is 0 Å². The first-order valence-corrected chi connectivity index (χ1v) is 8.11. The molecule has 0 aromatic carbocycles. The highest BCUT2D eigenvalue weighted by atomic mass is 15.2. The minimum absolute atomic E-state index is 0.821. The maximum absolute atomic E-state index is 4.04. The van der Waals surface area contributed by atoms with Gasteiger partial charge in [0.2, 0.25) is 0 Å². The van der Waals surface area contributed by atoms with Crippen LogP contribution in [-0.2, 0) is 0 Å². The van der Waals surface area contributed by atoms with Gasteiger partial charge in [-0.3, -0.25) is 0 Å². The van der Waals surface area contributed by atoms with Crippen LogP contribution in [0.1, 0.15) is 38.5 Å². The second kappa shape index (κ2) is 4.77. The van der Waals surface area contributed by atoms with Gasteiger partial charge >= 0.3 is 0 Å². The molecule has 3 heteroatoms. The summed E-state index contributed by atoms with van der Waals surface area (Å²) in [6.45, 7) is 6.81. The van der Waals surface area contributed by atoms with Crippen molar-refractivity contribution in [2.24, 2.45) is 5.92 Å². The first-order chi connectivity index (χ1) is 8.88. The third-order valence-electron chi connectivity index (χ3n) is 5.90. The Morgan fingerprint density at radius 1 is 0.889 bits per heavy atom. The van der Waals surface area contributed by atoms with E-state index in [2.05, 4.69) is 15.1 Å². The Morgan fingerprint density at radius 2 is 1.83 bits per heavy atom. The van der Waals surface area contributed by atoms with Crippen LogP contribution in [0.2, 0.25) is 0 Å². The van der Waals surface area contributed by atoms with Gasteiger partial charge in [0.05, 0.1) is 0 Å². The summed E-state index contributed by atoms with van der Waals surface area (Å²) in [6, 6.07) is 2.57. The molecule has 5 unspecified atom stereocenters. The molecule has 0 aromatic rings. The standard InChI is InChI=1S/C15H27N3/c1-2-14-10-13(4-9-18(14)6-1)16-15-5-8-17-7-3-12(15)11-17/h12-16H,1-11H2. The van der Waals surface area contributed by atoms with Crippen LogP contribution in [0.25, 0.3) is 0 Å². The molecular weight excluding hydrogens is 222 g/mol. The van der Waals surface area contributed by atoms with Crippen molar-refractivity contribution in [1.82, 2.24) is 15.1 Å². The highest BCUT2D eigenvalue weighted by Gasteiger charge is 2.37. The number of hydrogen-bond acceptors (Lipinski definition) is 3. The van der Waals surface area contributed by atoms with Gasteiger partial charge in [-0.15, -0.1) is 0 Å². The van der Waals surface area contributed by atoms with Crippen LogP contribution in [0, 0.1) is 5.92 Å². The number of nitrogens with one attached hydrogen (secondary N) is 1. The summed E-state index contributed by atoms with van der Waals surface area (Å²) in [6.07, 6.45) is 8.56. The zero-order valence-electron chi connectivity index (χ0n) is 11.5. The van der Waals surface area contributed by atoms with Gasteiger partial charge in [-0.1, -0.05) is 0 Å². The molecule has 4 heterocycles. The molecule has 4 aliphatic heterocycles. The maximum Gasteiger partial charge on any atom is 0.0123 e. The average molecular weight is 249 g/mol. The molecule has 0 amide bonds. The summed E-state index contributed by atoms with van der Waals surface area (Å²) in [4.78, 5) is 5.39. The zero-order valence-corrected chi connectivity index (χ0v) is 11.5. The maximum atomic E-state index is 4.04. The Morgan fingerprint density at radius 3 is 2.83 bits per heavy atom. The third kappa shape index (κ3) is 2.10. The van der Waals surface area contributed by atoms with Crippen molar-refractivity contribution < 1.29 is 0 Å². The topological polar surface area (TPSA) is 18.5 Å². The van der Waals surface area contributed by atoms with Crippen molar-refractivity contribution in [3.05, 3.63) is 0 Å². The Bertz CT molecular complexity index is 306. The normalized spacial score (nSPS) is 48.3. The molecule has 4 saturated heterocycles. The molecule has 4 rings (SSSR count). The Balaban J connectivity index is 1.34. The SMILES string of the molecule is C1CC2CC(NC3CCN4CCC3C4)CCN2C1. The first-order valence-electron chi connectivity index (χ1n) is 8.11. The minimum Gasteiger partial charge on any atom is -0.311 e. The van der Waals surface area contributed by atoms with Crippen molar-refractivity contribution in [3.8, 4) is 0 Å². The predicted octanol–water partition coefficient (Wildman–Crippen LogP) is 1.30. The Labute approximate surface area is 111 Å². The van der Waals surface area contributed by atoms with Crippen molar-refractivity contribution in [1.29, 1.82) is 0 Å². The van der Waals surface area contributed by atoms with E-state index in [1.807, 2.05) is 0 Å². The summed E-state index contributed by atoms with van der Waals surface area (Å²) in [5.41, 5.74) is 0.